The number of rotatable bonds is 4. The maximum Gasteiger partial charge on any atom is 0.260 e. The lowest BCUT2D eigenvalue weighted by Gasteiger charge is -1.99. The summed E-state index contributed by atoms with van der Waals surface area (Å²) in [6.45, 7) is 0. The van der Waals surface area contributed by atoms with Gasteiger partial charge in [-0.1, -0.05) is 0 Å². The topological polar surface area (TPSA) is 89.3 Å². The van der Waals surface area contributed by atoms with Crippen molar-refractivity contribution in [2.75, 3.05) is 13.3 Å². The van der Waals surface area contributed by atoms with Crippen LogP contribution in [0.4, 0.5) is 0 Å². The fraction of sp³-hybridized carbons (Fsp3) is 0.500. The van der Waals surface area contributed by atoms with Gasteiger partial charge in [0.25, 0.3) is 16.2 Å². The second kappa shape index (κ2) is 4.43. The molecule has 0 radical (unpaired) electrons. The van der Waals surface area contributed by atoms with Gasteiger partial charge in [-0.25, -0.2) is 13.1 Å². The van der Waals surface area contributed by atoms with Gasteiger partial charge in [-0.15, -0.1) is 11.8 Å². The van der Waals surface area contributed by atoms with Gasteiger partial charge in [-0.2, -0.15) is 0 Å². The summed E-state index contributed by atoms with van der Waals surface area (Å²) in [5.74, 6) is 0. The summed E-state index contributed by atoms with van der Waals surface area (Å²) < 4.78 is 23.6. The second-order valence-electron chi connectivity index (χ2n) is 1.65. The van der Waals surface area contributed by atoms with E-state index < -0.39 is 14.9 Å². The van der Waals surface area contributed by atoms with Crippen LogP contribution in [-0.4, -0.2) is 26.6 Å². The molecule has 0 saturated heterocycles. The van der Waals surface area contributed by atoms with Crippen LogP contribution in [-0.2, 0) is 10.0 Å². The predicted octanol–water partition coefficient (Wildman–Crippen LogP) is -0.0258. The van der Waals surface area contributed by atoms with Crippen LogP contribution in [0.5, 0.6) is 0 Å². The van der Waals surface area contributed by atoms with Crippen LogP contribution in [0.25, 0.3) is 0 Å². The molecule has 0 spiro atoms. The van der Waals surface area contributed by atoms with Gasteiger partial charge in [0.05, 0.1) is 4.92 Å². The van der Waals surface area contributed by atoms with Crippen molar-refractivity contribution in [1.82, 2.24) is 4.72 Å². The molecule has 0 aromatic heterocycles. The molecule has 0 aliphatic rings. The zero-order valence-electron chi connectivity index (χ0n) is 6.47. The van der Waals surface area contributed by atoms with Gasteiger partial charge in [0.15, 0.2) is 4.24 Å². The van der Waals surface area contributed by atoms with Crippen LogP contribution in [0.3, 0.4) is 0 Å². The molecule has 0 rings (SSSR count). The molecule has 6 nitrogen and oxygen atoms in total. The Hall–Kier alpha value is -0.600. The Labute approximate surface area is 74.2 Å². The molecule has 0 amide bonds. The Bertz CT molecular complexity index is 294. The van der Waals surface area contributed by atoms with Gasteiger partial charge in [0, 0.05) is 0 Å². The van der Waals surface area contributed by atoms with Crippen LogP contribution in [0.2, 0.25) is 0 Å². The lowest BCUT2D eigenvalue weighted by Crippen LogP contribution is -2.19. The molecule has 0 aromatic rings. The molecule has 0 saturated carbocycles. The fourth-order valence-electron chi connectivity index (χ4n) is 0.418. The van der Waals surface area contributed by atoms with Crippen molar-refractivity contribution >= 4 is 21.8 Å². The van der Waals surface area contributed by atoms with Crippen LogP contribution >= 0.6 is 11.8 Å². The number of thioether (sulfide) groups is 1. The summed E-state index contributed by atoms with van der Waals surface area (Å²) in [6.07, 6.45) is 1.90. The largest absolute Gasteiger partial charge is 0.260 e. The molecular formula is C4H8N2O4S2. The van der Waals surface area contributed by atoms with Gasteiger partial charge in [0.1, 0.15) is 0 Å². The first kappa shape index (κ1) is 11.4. The number of sulfonamides is 1. The maximum atomic E-state index is 11.0. The van der Waals surface area contributed by atoms with Crippen LogP contribution in [0.15, 0.2) is 10.4 Å². The molecule has 70 valence electrons. The zero-order chi connectivity index (χ0) is 9.78. The lowest BCUT2D eigenvalue weighted by atomic mass is 11.1. The van der Waals surface area contributed by atoms with E-state index in [1.807, 2.05) is 4.72 Å². The molecule has 0 aliphatic carbocycles. The summed E-state index contributed by atoms with van der Waals surface area (Å²) in [4.78, 5) is 9.15. The third-order valence-corrected chi connectivity index (χ3v) is 3.78. The number of nitrogens with zero attached hydrogens (tertiary/aromatic N) is 1. The molecule has 0 aromatic carbocycles. The fourth-order valence-corrected chi connectivity index (χ4v) is 2.16. The summed E-state index contributed by atoms with van der Waals surface area (Å²) in [6, 6.07) is 0. The zero-order valence-corrected chi connectivity index (χ0v) is 8.11. The molecule has 8 heteroatoms. The van der Waals surface area contributed by atoms with Crippen molar-refractivity contribution < 1.29 is 13.3 Å². The van der Waals surface area contributed by atoms with Gasteiger partial charge < -0.3 is 0 Å². The van der Waals surface area contributed by atoms with Crippen molar-refractivity contribution in [1.29, 1.82) is 0 Å². The molecular weight excluding hydrogens is 204 g/mol. The number of hydrogen-bond acceptors (Lipinski definition) is 5. The highest BCUT2D eigenvalue weighted by molar-refractivity contribution is 8.17. The highest BCUT2D eigenvalue weighted by atomic mass is 32.3. The van der Waals surface area contributed by atoms with Gasteiger partial charge in [-0.05, 0) is 13.3 Å². The van der Waals surface area contributed by atoms with Crippen molar-refractivity contribution in [3.8, 4) is 0 Å². The highest BCUT2D eigenvalue weighted by Crippen LogP contribution is 2.16. The highest BCUT2D eigenvalue weighted by Gasteiger charge is 2.17. The minimum absolute atomic E-state index is 0.310. The van der Waals surface area contributed by atoms with E-state index in [0.717, 1.165) is 11.8 Å². The summed E-state index contributed by atoms with van der Waals surface area (Å²) in [5.41, 5.74) is 0. The number of nitrogens with one attached hydrogen (secondary N) is 1. The third-order valence-electron chi connectivity index (χ3n) is 0.946. The number of nitro groups is 1. The SMILES string of the molecule is CNS(=O)(=O)C(=C[N+](=O)[O-])SC. The van der Waals surface area contributed by atoms with Crippen LogP contribution < -0.4 is 4.72 Å². The average molecular weight is 212 g/mol. The standard InChI is InChI=1S/C4H8N2O4S2/c1-5-12(9,10)4(11-2)3-6(7)8/h3,5H,1-2H3. The molecule has 0 atom stereocenters. The summed E-state index contributed by atoms with van der Waals surface area (Å²) in [7, 11) is -2.48. The predicted molar refractivity (Wildman–Crippen MR) is 46.6 cm³/mol. The van der Waals surface area contributed by atoms with Crippen molar-refractivity contribution in [3.05, 3.63) is 20.6 Å². The summed E-state index contributed by atoms with van der Waals surface area (Å²) >= 11 is 0.799. The molecule has 0 fully saturated rings. The van der Waals surface area contributed by atoms with Gasteiger partial charge >= 0.3 is 0 Å². The van der Waals surface area contributed by atoms with E-state index in [9.17, 15) is 18.5 Å². The Kier molecular flexibility index (Phi) is 4.21. The summed E-state index contributed by atoms with van der Waals surface area (Å²) in [5, 5.41) is 9.95. The quantitative estimate of drug-likeness (QED) is 0.522. The Morgan fingerprint density at radius 1 is 1.67 bits per heavy atom. The molecule has 1 N–H and O–H groups in total. The Balaban J connectivity index is 4.94. The van der Waals surface area contributed by atoms with E-state index in [0.29, 0.717) is 6.20 Å². The van der Waals surface area contributed by atoms with E-state index in [4.69, 9.17) is 0 Å². The van der Waals surface area contributed by atoms with Crippen LogP contribution in [0, 0.1) is 10.1 Å². The average Bonchev–Trinajstić information content (AvgIpc) is 1.99. The van der Waals surface area contributed by atoms with Crippen LogP contribution in [0.1, 0.15) is 0 Å². The van der Waals surface area contributed by atoms with E-state index in [1.165, 1.54) is 13.3 Å². The Morgan fingerprint density at radius 2 is 2.17 bits per heavy atom. The molecule has 0 unspecified atom stereocenters. The first-order valence-corrected chi connectivity index (χ1v) is 5.47. The molecule has 12 heavy (non-hydrogen) atoms. The van der Waals surface area contributed by atoms with Gasteiger partial charge in [-0.3, -0.25) is 10.1 Å². The Morgan fingerprint density at radius 3 is 2.42 bits per heavy atom. The normalized spacial score (nSPS) is 13.0. The maximum absolute atomic E-state index is 11.0. The van der Waals surface area contributed by atoms with Crippen molar-refractivity contribution in [3.63, 3.8) is 0 Å². The van der Waals surface area contributed by atoms with Crippen molar-refractivity contribution in [2.45, 2.75) is 0 Å². The van der Waals surface area contributed by atoms with E-state index in [1.54, 1.807) is 0 Å². The van der Waals surface area contributed by atoms with Crippen molar-refractivity contribution in [2.24, 2.45) is 0 Å². The smallest absolute Gasteiger partial charge is 0.259 e. The van der Waals surface area contributed by atoms with E-state index >= 15 is 0 Å². The molecule has 0 heterocycles. The van der Waals surface area contributed by atoms with E-state index in [-0.39, 0.29) is 4.24 Å². The minimum atomic E-state index is -3.67. The third kappa shape index (κ3) is 3.20. The van der Waals surface area contributed by atoms with Gasteiger partial charge in [0.2, 0.25) is 0 Å². The molecule has 0 aliphatic heterocycles. The lowest BCUT2D eigenvalue weighted by molar-refractivity contribution is -0.402. The number of hydrogen-bond donors (Lipinski definition) is 1. The molecule has 0 bridgehead atoms. The second-order valence-corrected chi connectivity index (χ2v) is 4.61. The first-order valence-electron chi connectivity index (χ1n) is 2.77. The minimum Gasteiger partial charge on any atom is -0.259 e. The monoisotopic (exact) mass is 212 g/mol. The first-order chi connectivity index (χ1) is 5.44. The van der Waals surface area contributed by atoms with E-state index in [2.05, 4.69) is 0 Å².